The SMILES string of the molecule is O=C(Cc1c[nH]c2ccccc12)N1CCC(Oc2ncccn2)CC1. The molecule has 25 heavy (non-hydrogen) atoms. The molecule has 3 aromatic rings. The molecule has 1 aliphatic heterocycles. The highest BCUT2D eigenvalue weighted by Crippen LogP contribution is 2.20. The fraction of sp³-hybridized carbons (Fsp3) is 0.316. The Morgan fingerprint density at radius 3 is 2.72 bits per heavy atom. The van der Waals surface area contributed by atoms with E-state index in [0.717, 1.165) is 29.3 Å². The maximum absolute atomic E-state index is 12.6. The number of hydrogen-bond acceptors (Lipinski definition) is 4. The van der Waals surface area contributed by atoms with Gasteiger partial charge in [0.2, 0.25) is 5.91 Å². The quantitative estimate of drug-likeness (QED) is 0.795. The number of carbonyl (C=O) groups is 1. The Bertz CT molecular complexity index is 854. The number of aromatic nitrogens is 3. The Balaban J connectivity index is 1.33. The number of carbonyl (C=O) groups excluding carboxylic acids is 1. The van der Waals surface area contributed by atoms with Crippen molar-refractivity contribution in [2.45, 2.75) is 25.4 Å². The van der Waals surface area contributed by atoms with Gasteiger partial charge in [-0.25, -0.2) is 9.97 Å². The molecule has 1 fully saturated rings. The second kappa shape index (κ2) is 6.93. The molecule has 0 unspecified atom stereocenters. The lowest BCUT2D eigenvalue weighted by atomic mass is 10.1. The molecule has 3 heterocycles. The van der Waals surface area contributed by atoms with Crippen LogP contribution in [0.5, 0.6) is 6.01 Å². The predicted molar refractivity (Wildman–Crippen MR) is 94.3 cm³/mol. The third-order valence-electron chi connectivity index (χ3n) is 4.63. The molecule has 0 aliphatic carbocycles. The molecule has 1 saturated heterocycles. The van der Waals surface area contributed by atoms with E-state index in [0.29, 0.717) is 25.5 Å². The fourth-order valence-electron chi connectivity index (χ4n) is 3.27. The topological polar surface area (TPSA) is 71.1 Å². The second-order valence-corrected chi connectivity index (χ2v) is 6.27. The zero-order valence-electron chi connectivity index (χ0n) is 13.9. The van der Waals surface area contributed by atoms with E-state index in [1.54, 1.807) is 18.5 Å². The normalized spacial score (nSPS) is 15.4. The lowest BCUT2D eigenvalue weighted by Crippen LogP contribution is -2.42. The van der Waals surface area contributed by atoms with E-state index in [4.69, 9.17) is 4.74 Å². The third-order valence-corrected chi connectivity index (χ3v) is 4.63. The maximum atomic E-state index is 12.6. The number of piperidine rings is 1. The summed E-state index contributed by atoms with van der Waals surface area (Å²) in [5.74, 6) is 0.166. The van der Waals surface area contributed by atoms with Gasteiger partial charge in [0.25, 0.3) is 0 Å². The van der Waals surface area contributed by atoms with Crippen LogP contribution in [0, 0.1) is 0 Å². The van der Waals surface area contributed by atoms with Crippen LogP contribution in [-0.4, -0.2) is 45.0 Å². The summed E-state index contributed by atoms with van der Waals surface area (Å²) in [6, 6.07) is 10.2. The number of rotatable bonds is 4. The van der Waals surface area contributed by atoms with Crippen molar-refractivity contribution in [2.75, 3.05) is 13.1 Å². The minimum atomic E-state index is 0.0690. The number of hydrogen-bond donors (Lipinski definition) is 1. The number of benzene rings is 1. The predicted octanol–water partition coefficient (Wildman–Crippen LogP) is 2.57. The first kappa shape index (κ1) is 15.6. The lowest BCUT2D eigenvalue weighted by molar-refractivity contribution is -0.132. The summed E-state index contributed by atoms with van der Waals surface area (Å²) < 4.78 is 5.78. The Morgan fingerprint density at radius 1 is 1.16 bits per heavy atom. The highest BCUT2D eigenvalue weighted by Gasteiger charge is 2.25. The molecule has 6 heteroatoms. The summed E-state index contributed by atoms with van der Waals surface area (Å²) in [7, 11) is 0. The Kier molecular flexibility index (Phi) is 4.33. The van der Waals surface area contributed by atoms with Crippen LogP contribution in [-0.2, 0) is 11.2 Å². The van der Waals surface area contributed by atoms with Gasteiger partial charge in [0.1, 0.15) is 6.10 Å². The largest absolute Gasteiger partial charge is 0.460 e. The number of fused-ring (bicyclic) bond motifs is 1. The van der Waals surface area contributed by atoms with Crippen LogP contribution in [0.15, 0.2) is 48.9 Å². The number of aromatic amines is 1. The molecule has 0 radical (unpaired) electrons. The molecule has 4 rings (SSSR count). The average Bonchev–Trinajstić information content (AvgIpc) is 3.06. The van der Waals surface area contributed by atoms with E-state index in [-0.39, 0.29) is 12.0 Å². The minimum absolute atomic E-state index is 0.0690. The molecular weight excluding hydrogens is 316 g/mol. The van der Waals surface area contributed by atoms with Gasteiger partial charge in [-0.2, -0.15) is 0 Å². The summed E-state index contributed by atoms with van der Waals surface area (Å²) in [5.41, 5.74) is 2.12. The smallest absolute Gasteiger partial charge is 0.316 e. The van der Waals surface area contributed by atoms with Crippen molar-refractivity contribution in [1.82, 2.24) is 19.9 Å². The number of amides is 1. The van der Waals surface area contributed by atoms with Gasteiger partial charge in [0.15, 0.2) is 0 Å². The molecule has 2 aromatic heterocycles. The molecule has 1 N–H and O–H groups in total. The lowest BCUT2D eigenvalue weighted by Gasteiger charge is -2.31. The molecule has 1 aromatic carbocycles. The van der Waals surface area contributed by atoms with Gasteiger partial charge in [0, 0.05) is 55.4 Å². The second-order valence-electron chi connectivity index (χ2n) is 6.27. The van der Waals surface area contributed by atoms with Crippen molar-refractivity contribution in [3.63, 3.8) is 0 Å². The maximum Gasteiger partial charge on any atom is 0.316 e. The molecular formula is C19H20N4O2. The number of H-pyrrole nitrogens is 1. The van der Waals surface area contributed by atoms with Crippen LogP contribution in [0.2, 0.25) is 0 Å². The first-order valence-electron chi connectivity index (χ1n) is 8.56. The van der Waals surface area contributed by atoms with E-state index >= 15 is 0 Å². The van der Waals surface area contributed by atoms with Crippen molar-refractivity contribution in [1.29, 1.82) is 0 Å². The number of likely N-dealkylation sites (tertiary alicyclic amines) is 1. The van der Waals surface area contributed by atoms with Crippen LogP contribution in [0.1, 0.15) is 18.4 Å². The Hall–Kier alpha value is -2.89. The van der Waals surface area contributed by atoms with E-state index in [2.05, 4.69) is 15.0 Å². The standard InChI is InChI=1S/C19H20N4O2/c24-18(12-14-13-22-17-5-2-1-4-16(14)17)23-10-6-15(7-11-23)25-19-20-8-3-9-21-19/h1-5,8-9,13,15,22H,6-7,10-12H2. The van der Waals surface area contributed by atoms with Gasteiger partial charge in [-0.3, -0.25) is 4.79 Å². The molecule has 1 aliphatic rings. The number of nitrogens with zero attached hydrogens (tertiary/aromatic N) is 3. The van der Waals surface area contributed by atoms with Crippen LogP contribution in [0.25, 0.3) is 10.9 Å². The molecule has 6 nitrogen and oxygen atoms in total. The molecule has 1 amide bonds. The summed E-state index contributed by atoms with van der Waals surface area (Å²) in [5, 5.41) is 1.12. The number of ether oxygens (including phenoxy) is 1. The first-order chi connectivity index (χ1) is 12.3. The minimum Gasteiger partial charge on any atom is -0.460 e. The van der Waals surface area contributed by atoms with Crippen molar-refractivity contribution in [2.24, 2.45) is 0 Å². The van der Waals surface area contributed by atoms with Crippen LogP contribution < -0.4 is 4.74 Å². The summed E-state index contributed by atoms with van der Waals surface area (Å²) in [6.07, 6.45) is 7.38. The van der Waals surface area contributed by atoms with Crippen LogP contribution in [0.4, 0.5) is 0 Å². The zero-order valence-corrected chi connectivity index (χ0v) is 13.9. The number of para-hydroxylation sites is 1. The zero-order chi connectivity index (χ0) is 17.1. The summed E-state index contributed by atoms with van der Waals surface area (Å²) in [6.45, 7) is 1.41. The van der Waals surface area contributed by atoms with E-state index < -0.39 is 0 Å². The number of nitrogens with one attached hydrogen (secondary N) is 1. The van der Waals surface area contributed by atoms with Crippen LogP contribution >= 0.6 is 0 Å². The van der Waals surface area contributed by atoms with Crippen molar-refractivity contribution in [3.8, 4) is 6.01 Å². The third kappa shape index (κ3) is 3.47. The van der Waals surface area contributed by atoms with Crippen molar-refractivity contribution < 1.29 is 9.53 Å². The van der Waals surface area contributed by atoms with Gasteiger partial charge >= 0.3 is 6.01 Å². The molecule has 0 atom stereocenters. The fourth-order valence-corrected chi connectivity index (χ4v) is 3.27. The monoisotopic (exact) mass is 336 g/mol. The van der Waals surface area contributed by atoms with Crippen molar-refractivity contribution >= 4 is 16.8 Å². The summed E-state index contributed by atoms with van der Waals surface area (Å²) >= 11 is 0. The van der Waals surface area contributed by atoms with E-state index in [9.17, 15) is 4.79 Å². The molecule has 0 spiro atoms. The van der Waals surface area contributed by atoms with Gasteiger partial charge < -0.3 is 14.6 Å². The van der Waals surface area contributed by atoms with Crippen LogP contribution in [0.3, 0.4) is 0 Å². The highest BCUT2D eigenvalue weighted by molar-refractivity contribution is 5.88. The van der Waals surface area contributed by atoms with Gasteiger partial charge in [-0.05, 0) is 17.7 Å². The van der Waals surface area contributed by atoms with Crippen molar-refractivity contribution in [3.05, 3.63) is 54.5 Å². The molecule has 128 valence electrons. The Labute approximate surface area is 145 Å². The van der Waals surface area contributed by atoms with Gasteiger partial charge in [-0.1, -0.05) is 18.2 Å². The van der Waals surface area contributed by atoms with Gasteiger partial charge in [-0.15, -0.1) is 0 Å². The average molecular weight is 336 g/mol. The highest BCUT2D eigenvalue weighted by atomic mass is 16.5. The van der Waals surface area contributed by atoms with E-state index in [1.165, 1.54) is 0 Å². The van der Waals surface area contributed by atoms with Gasteiger partial charge in [0.05, 0.1) is 6.42 Å². The molecule has 0 saturated carbocycles. The summed E-state index contributed by atoms with van der Waals surface area (Å²) in [4.78, 5) is 25.9. The Morgan fingerprint density at radius 2 is 1.92 bits per heavy atom. The molecule has 0 bridgehead atoms. The van der Waals surface area contributed by atoms with E-state index in [1.807, 2.05) is 35.4 Å². The first-order valence-corrected chi connectivity index (χ1v) is 8.56.